The molecule has 0 aromatic heterocycles. The van der Waals surface area contributed by atoms with Crippen LogP contribution >= 0.6 is 0 Å². The van der Waals surface area contributed by atoms with Crippen molar-refractivity contribution in [3.05, 3.63) is 0 Å². The van der Waals surface area contributed by atoms with Gasteiger partial charge in [-0.25, -0.2) is 0 Å². The van der Waals surface area contributed by atoms with E-state index in [2.05, 4.69) is 46.5 Å². The van der Waals surface area contributed by atoms with Crippen molar-refractivity contribution in [3.8, 4) is 0 Å². The Hall–Kier alpha value is -0.770. The van der Waals surface area contributed by atoms with Crippen molar-refractivity contribution in [2.45, 2.75) is 73.6 Å². The molecular formula is C16H38N4. The van der Waals surface area contributed by atoms with E-state index in [0.717, 1.165) is 25.9 Å². The van der Waals surface area contributed by atoms with Gasteiger partial charge >= 0.3 is 0 Å². The summed E-state index contributed by atoms with van der Waals surface area (Å²) in [5, 5.41) is 0. The Morgan fingerprint density at radius 1 is 0.800 bits per heavy atom. The second-order valence-corrected chi connectivity index (χ2v) is 7.78. The fourth-order valence-corrected chi connectivity index (χ4v) is 1.62. The summed E-state index contributed by atoms with van der Waals surface area (Å²) in [4.78, 5) is 3.90. The van der Waals surface area contributed by atoms with Crippen LogP contribution in [0.5, 0.6) is 0 Å². The highest BCUT2D eigenvalue weighted by atomic mass is 15.0. The fourth-order valence-electron chi connectivity index (χ4n) is 1.62. The van der Waals surface area contributed by atoms with Crippen molar-refractivity contribution < 1.29 is 0 Å². The molecule has 0 saturated carbocycles. The first-order chi connectivity index (χ1) is 8.98. The monoisotopic (exact) mass is 286 g/mol. The van der Waals surface area contributed by atoms with E-state index in [4.69, 9.17) is 17.2 Å². The third kappa shape index (κ3) is 25.9. The standard InChI is InChI=1S/C8H19N3.C8H19N/c1-8(2,3)5-4-6-11-7(9)10;1-8(2,3)6-4-5-7-9/h4-6H2,1-3H3,(H4,9,10,11);4-7,9H2,1-3H3. The van der Waals surface area contributed by atoms with E-state index in [1.54, 1.807) is 0 Å². The van der Waals surface area contributed by atoms with Gasteiger partial charge in [-0.3, -0.25) is 4.99 Å². The van der Waals surface area contributed by atoms with Gasteiger partial charge < -0.3 is 17.2 Å². The van der Waals surface area contributed by atoms with E-state index in [0.29, 0.717) is 10.8 Å². The maximum atomic E-state index is 5.36. The number of hydrogen-bond acceptors (Lipinski definition) is 2. The zero-order valence-corrected chi connectivity index (χ0v) is 14.6. The Kier molecular flexibility index (Phi) is 11.8. The van der Waals surface area contributed by atoms with E-state index >= 15 is 0 Å². The van der Waals surface area contributed by atoms with Crippen molar-refractivity contribution in [1.29, 1.82) is 0 Å². The molecule has 0 radical (unpaired) electrons. The normalized spacial score (nSPS) is 11.6. The number of guanidine groups is 1. The van der Waals surface area contributed by atoms with Gasteiger partial charge in [-0.1, -0.05) is 48.0 Å². The van der Waals surface area contributed by atoms with Gasteiger partial charge in [-0.2, -0.15) is 0 Å². The molecule has 0 aliphatic rings. The lowest BCUT2D eigenvalue weighted by atomic mass is 9.90. The van der Waals surface area contributed by atoms with E-state index in [1.165, 1.54) is 19.3 Å². The molecule has 122 valence electrons. The molecule has 0 amide bonds. The highest BCUT2D eigenvalue weighted by Gasteiger charge is 2.08. The van der Waals surface area contributed by atoms with Crippen molar-refractivity contribution in [3.63, 3.8) is 0 Å². The summed E-state index contributed by atoms with van der Waals surface area (Å²) < 4.78 is 0. The average Bonchev–Trinajstić information content (AvgIpc) is 2.22. The first kappa shape index (κ1) is 21.5. The summed E-state index contributed by atoms with van der Waals surface area (Å²) in [7, 11) is 0. The molecule has 4 nitrogen and oxygen atoms in total. The van der Waals surface area contributed by atoms with Crippen LogP contribution in [-0.2, 0) is 0 Å². The average molecular weight is 287 g/mol. The quantitative estimate of drug-likeness (QED) is 0.398. The van der Waals surface area contributed by atoms with Crippen LogP contribution in [0.1, 0.15) is 73.6 Å². The SMILES string of the molecule is CC(C)(C)CCCCN.CC(C)(C)CCCN=C(N)N. The Morgan fingerprint density at radius 2 is 1.25 bits per heavy atom. The molecule has 0 rings (SSSR count). The minimum Gasteiger partial charge on any atom is -0.370 e. The Balaban J connectivity index is 0. The molecule has 0 aliphatic heterocycles. The Bertz CT molecular complexity index is 242. The maximum absolute atomic E-state index is 5.36. The predicted molar refractivity (Wildman–Crippen MR) is 91.7 cm³/mol. The fraction of sp³-hybridized carbons (Fsp3) is 0.938. The van der Waals surface area contributed by atoms with Gasteiger partial charge in [-0.05, 0) is 43.1 Å². The third-order valence-electron chi connectivity index (χ3n) is 2.76. The van der Waals surface area contributed by atoms with Crippen molar-refractivity contribution in [2.24, 2.45) is 33.0 Å². The molecule has 0 aliphatic carbocycles. The van der Waals surface area contributed by atoms with E-state index < -0.39 is 0 Å². The molecule has 0 unspecified atom stereocenters. The van der Waals surface area contributed by atoms with Crippen LogP contribution in [0.3, 0.4) is 0 Å². The molecule has 0 spiro atoms. The van der Waals surface area contributed by atoms with Crippen LogP contribution in [0.15, 0.2) is 4.99 Å². The number of rotatable bonds is 6. The lowest BCUT2D eigenvalue weighted by Crippen LogP contribution is -2.23. The molecule has 0 aromatic rings. The second-order valence-electron chi connectivity index (χ2n) is 7.78. The van der Waals surface area contributed by atoms with Crippen molar-refractivity contribution >= 4 is 5.96 Å². The van der Waals surface area contributed by atoms with Gasteiger partial charge in [0, 0.05) is 6.54 Å². The summed E-state index contributed by atoms with van der Waals surface area (Å²) in [6.45, 7) is 15.0. The van der Waals surface area contributed by atoms with Crippen LogP contribution in [0.4, 0.5) is 0 Å². The molecule has 0 heterocycles. The Labute approximate surface area is 126 Å². The van der Waals surface area contributed by atoms with Crippen LogP contribution in [0, 0.1) is 10.8 Å². The first-order valence-electron chi connectivity index (χ1n) is 7.73. The minimum atomic E-state index is 0.193. The topological polar surface area (TPSA) is 90.4 Å². The molecule has 20 heavy (non-hydrogen) atoms. The molecule has 0 fully saturated rings. The van der Waals surface area contributed by atoms with Gasteiger partial charge in [0.25, 0.3) is 0 Å². The van der Waals surface area contributed by atoms with Crippen molar-refractivity contribution in [2.75, 3.05) is 13.1 Å². The molecule has 6 N–H and O–H groups in total. The number of aliphatic imine (C=N–C) groups is 1. The van der Waals surface area contributed by atoms with Crippen molar-refractivity contribution in [1.82, 2.24) is 0 Å². The largest absolute Gasteiger partial charge is 0.370 e. The van der Waals surface area contributed by atoms with Crippen LogP contribution in [0.2, 0.25) is 0 Å². The third-order valence-corrected chi connectivity index (χ3v) is 2.76. The van der Waals surface area contributed by atoms with Gasteiger partial charge in [-0.15, -0.1) is 0 Å². The second kappa shape index (κ2) is 11.0. The highest BCUT2D eigenvalue weighted by molar-refractivity contribution is 5.75. The van der Waals surface area contributed by atoms with Gasteiger partial charge in [0.1, 0.15) is 0 Å². The van der Waals surface area contributed by atoms with Crippen LogP contribution in [0.25, 0.3) is 0 Å². The van der Waals surface area contributed by atoms with Gasteiger partial charge in [0.05, 0.1) is 0 Å². The zero-order chi connectivity index (χ0) is 16.2. The number of nitrogens with zero attached hydrogens (tertiary/aromatic N) is 1. The summed E-state index contributed by atoms with van der Waals surface area (Å²) in [5.74, 6) is 0.193. The van der Waals surface area contributed by atoms with E-state index in [9.17, 15) is 0 Å². The van der Waals surface area contributed by atoms with Gasteiger partial charge in [0.2, 0.25) is 0 Å². The highest BCUT2D eigenvalue weighted by Crippen LogP contribution is 2.21. The summed E-state index contributed by atoms with van der Waals surface area (Å²) in [5.41, 5.74) is 16.6. The van der Waals surface area contributed by atoms with Gasteiger partial charge in [0.15, 0.2) is 5.96 Å². The van der Waals surface area contributed by atoms with E-state index in [-0.39, 0.29) is 5.96 Å². The number of hydrogen-bond donors (Lipinski definition) is 3. The maximum Gasteiger partial charge on any atom is 0.185 e. The first-order valence-corrected chi connectivity index (χ1v) is 7.73. The summed E-state index contributed by atoms with van der Waals surface area (Å²) in [6, 6.07) is 0. The van der Waals surface area contributed by atoms with Crippen LogP contribution < -0.4 is 17.2 Å². The van der Waals surface area contributed by atoms with E-state index in [1.807, 2.05) is 0 Å². The zero-order valence-electron chi connectivity index (χ0n) is 14.6. The number of unbranched alkanes of at least 4 members (excludes halogenated alkanes) is 1. The molecule has 4 heteroatoms. The number of nitrogens with two attached hydrogens (primary N) is 3. The van der Waals surface area contributed by atoms with Crippen LogP contribution in [-0.4, -0.2) is 19.0 Å². The predicted octanol–water partition coefficient (Wildman–Crippen LogP) is 3.25. The minimum absolute atomic E-state index is 0.193. The molecule has 0 bridgehead atoms. The summed E-state index contributed by atoms with van der Waals surface area (Å²) in [6.07, 6.45) is 5.96. The Morgan fingerprint density at radius 3 is 1.60 bits per heavy atom. The molecule has 0 atom stereocenters. The lowest BCUT2D eigenvalue weighted by molar-refractivity contribution is 0.361. The molecule has 0 saturated heterocycles. The molecular weight excluding hydrogens is 248 g/mol. The summed E-state index contributed by atoms with van der Waals surface area (Å²) >= 11 is 0. The smallest absolute Gasteiger partial charge is 0.185 e. The lowest BCUT2D eigenvalue weighted by Gasteiger charge is -2.16. The molecule has 0 aromatic carbocycles.